The Labute approximate surface area is 92.6 Å². The van der Waals surface area contributed by atoms with Gasteiger partial charge in [-0.15, -0.1) is 0 Å². The number of hydrogen-bond donors (Lipinski definition) is 1. The molecule has 4 aliphatic heterocycles. The van der Waals surface area contributed by atoms with Gasteiger partial charge in [-0.05, 0) is 44.8 Å². The van der Waals surface area contributed by atoms with Crippen LogP contribution in [0.25, 0.3) is 0 Å². The summed E-state index contributed by atoms with van der Waals surface area (Å²) in [7, 11) is 0. The summed E-state index contributed by atoms with van der Waals surface area (Å²) in [6.07, 6.45) is 4.18. The normalized spacial score (nSPS) is 49.6. The third-order valence-electron chi connectivity index (χ3n) is 4.92. The number of rotatable bonds is 2. The van der Waals surface area contributed by atoms with Crippen molar-refractivity contribution < 1.29 is 0 Å². The van der Waals surface area contributed by atoms with Gasteiger partial charge in [-0.1, -0.05) is 6.92 Å². The molecule has 0 aromatic carbocycles. The molecule has 0 aromatic rings. The average Bonchev–Trinajstić information content (AvgIpc) is 2.70. The van der Waals surface area contributed by atoms with E-state index in [1.54, 1.807) is 0 Å². The van der Waals surface area contributed by atoms with E-state index in [-0.39, 0.29) is 0 Å². The van der Waals surface area contributed by atoms with Crippen molar-refractivity contribution in [3.63, 3.8) is 0 Å². The molecule has 4 aliphatic rings. The molecule has 3 nitrogen and oxygen atoms in total. The van der Waals surface area contributed by atoms with Gasteiger partial charge < -0.3 is 5.73 Å². The van der Waals surface area contributed by atoms with Gasteiger partial charge >= 0.3 is 0 Å². The van der Waals surface area contributed by atoms with Crippen molar-refractivity contribution >= 4 is 0 Å². The van der Waals surface area contributed by atoms with Gasteiger partial charge in [0.25, 0.3) is 0 Å². The molecule has 3 heteroatoms. The minimum absolute atomic E-state index is 0.659. The number of fused-ring (bicyclic) bond motifs is 2. The highest BCUT2D eigenvalue weighted by Crippen LogP contribution is 2.42. The molecule has 0 saturated carbocycles. The molecule has 86 valence electrons. The molecule has 2 bridgehead atoms. The Morgan fingerprint density at radius 3 is 2.60 bits per heavy atom. The predicted octanol–water partition coefficient (Wildman–Crippen LogP) is 0.502. The van der Waals surface area contributed by atoms with Crippen molar-refractivity contribution in [1.82, 2.24) is 9.80 Å². The van der Waals surface area contributed by atoms with Gasteiger partial charge in [0.15, 0.2) is 0 Å². The fourth-order valence-electron chi connectivity index (χ4n) is 4.26. The van der Waals surface area contributed by atoms with Crippen molar-refractivity contribution in [3.05, 3.63) is 0 Å². The van der Waals surface area contributed by atoms with E-state index in [9.17, 15) is 0 Å². The molecule has 3 unspecified atom stereocenters. The molecule has 0 spiro atoms. The van der Waals surface area contributed by atoms with E-state index in [2.05, 4.69) is 16.7 Å². The quantitative estimate of drug-likeness (QED) is 0.719. The number of nitrogens with zero attached hydrogens (tertiary/aromatic N) is 2. The zero-order valence-electron chi connectivity index (χ0n) is 9.73. The second-order valence-corrected chi connectivity index (χ2v) is 5.39. The topological polar surface area (TPSA) is 32.5 Å². The van der Waals surface area contributed by atoms with Crippen molar-refractivity contribution in [3.8, 4) is 0 Å². The minimum atomic E-state index is 0.659. The molecule has 2 N–H and O–H groups in total. The molecule has 0 aromatic heterocycles. The van der Waals surface area contributed by atoms with Gasteiger partial charge in [0.1, 0.15) is 0 Å². The van der Waals surface area contributed by atoms with Crippen molar-refractivity contribution in [1.29, 1.82) is 0 Å². The van der Waals surface area contributed by atoms with Gasteiger partial charge in [-0.2, -0.15) is 0 Å². The zero-order valence-corrected chi connectivity index (χ0v) is 9.73. The van der Waals surface area contributed by atoms with Gasteiger partial charge in [0.2, 0.25) is 0 Å². The standard InChI is InChI=1S/C12H23N3/c1-2-15-10(8-13)7-11-12(15)9-3-5-14(11)6-4-9/h9-12H,2-8,13H2,1H3. The summed E-state index contributed by atoms with van der Waals surface area (Å²) in [6, 6.07) is 2.34. The van der Waals surface area contributed by atoms with Crippen LogP contribution in [0.1, 0.15) is 26.2 Å². The molecule has 3 atom stereocenters. The number of piperidine rings is 3. The lowest BCUT2D eigenvalue weighted by molar-refractivity contribution is -0.00533. The van der Waals surface area contributed by atoms with Crippen molar-refractivity contribution in [2.24, 2.45) is 11.7 Å². The van der Waals surface area contributed by atoms with Crippen LogP contribution in [0.15, 0.2) is 0 Å². The SMILES string of the molecule is CCN1C(CN)CC2C1C1CCN2CC1. The maximum absolute atomic E-state index is 5.91. The van der Waals surface area contributed by atoms with Gasteiger partial charge in [0.05, 0.1) is 0 Å². The van der Waals surface area contributed by atoms with E-state index in [1.165, 1.54) is 38.9 Å². The summed E-state index contributed by atoms with van der Waals surface area (Å²) in [6.45, 7) is 7.03. The molecule has 15 heavy (non-hydrogen) atoms. The second-order valence-electron chi connectivity index (χ2n) is 5.39. The number of nitrogens with two attached hydrogens (primary N) is 1. The van der Waals surface area contributed by atoms with Crippen LogP contribution in [0, 0.1) is 5.92 Å². The van der Waals surface area contributed by atoms with Crippen LogP contribution in [0.2, 0.25) is 0 Å². The van der Waals surface area contributed by atoms with E-state index in [0.29, 0.717) is 6.04 Å². The highest BCUT2D eigenvalue weighted by molar-refractivity contribution is 5.07. The number of likely N-dealkylation sites (N-methyl/N-ethyl adjacent to an activating group) is 1. The Hall–Kier alpha value is -0.120. The van der Waals surface area contributed by atoms with Crippen molar-refractivity contribution in [2.45, 2.75) is 44.3 Å². The van der Waals surface area contributed by atoms with E-state index in [0.717, 1.165) is 24.5 Å². The zero-order chi connectivity index (χ0) is 10.4. The molecule has 0 radical (unpaired) electrons. The lowest BCUT2D eigenvalue weighted by Gasteiger charge is -2.50. The second kappa shape index (κ2) is 3.72. The monoisotopic (exact) mass is 209 g/mol. The Morgan fingerprint density at radius 2 is 2.00 bits per heavy atom. The third kappa shape index (κ3) is 1.37. The largest absolute Gasteiger partial charge is 0.329 e. The molecular weight excluding hydrogens is 186 g/mol. The minimum Gasteiger partial charge on any atom is -0.329 e. The molecule has 4 rings (SSSR count). The van der Waals surface area contributed by atoms with Gasteiger partial charge in [-0.3, -0.25) is 9.80 Å². The van der Waals surface area contributed by atoms with E-state index in [1.807, 2.05) is 0 Å². The molecular formula is C12H23N3. The van der Waals surface area contributed by atoms with Crippen LogP contribution in [-0.2, 0) is 0 Å². The highest BCUT2D eigenvalue weighted by Gasteiger charge is 2.50. The lowest BCUT2D eigenvalue weighted by atomic mass is 9.79. The Morgan fingerprint density at radius 1 is 1.27 bits per heavy atom. The maximum Gasteiger partial charge on any atom is 0.0284 e. The molecule has 4 fully saturated rings. The first-order valence-corrected chi connectivity index (χ1v) is 6.55. The van der Waals surface area contributed by atoms with Crippen LogP contribution in [0.4, 0.5) is 0 Å². The number of hydrogen-bond acceptors (Lipinski definition) is 3. The predicted molar refractivity (Wildman–Crippen MR) is 61.7 cm³/mol. The van der Waals surface area contributed by atoms with Gasteiger partial charge in [-0.25, -0.2) is 0 Å². The van der Waals surface area contributed by atoms with Crippen LogP contribution < -0.4 is 5.73 Å². The molecule has 0 amide bonds. The van der Waals surface area contributed by atoms with E-state index < -0.39 is 0 Å². The highest BCUT2D eigenvalue weighted by atomic mass is 15.3. The summed E-state index contributed by atoms with van der Waals surface area (Å²) < 4.78 is 0. The van der Waals surface area contributed by atoms with Crippen LogP contribution in [-0.4, -0.2) is 54.1 Å². The fraction of sp³-hybridized carbons (Fsp3) is 1.00. The smallest absolute Gasteiger partial charge is 0.0284 e. The lowest BCUT2D eigenvalue weighted by Crippen LogP contribution is -2.59. The first-order chi connectivity index (χ1) is 7.35. The van der Waals surface area contributed by atoms with E-state index >= 15 is 0 Å². The first kappa shape index (κ1) is 10.1. The van der Waals surface area contributed by atoms with E-state index in [4.69, 9.17) is 5.73 Å². The van der Waals surface area contributed by atoms with Crippen LogP contribution in [0.5, 0.6) is 0 Å². The third-order valence-corrected chi connectivity index (χ3v) is 4.92. The number of likely N-dealkylation sites (tertiary alicyclic amines) is 1. The Bertz CT molecular complexity index is 233. The molecule has 4 saturated heterocycles. The Kier molecular flexibility index (Phi) is 2.49. The summed E-state index contributed by atoms with van der Waals surface area (Å²) in [5, 5.41) is 0. The van der Waals surface area contributed by atoms with Gasteiger partial charge in [0, 0.05) is 24.7 Å². The summed E-state index contributed by atoms with van der Waals surface area (Å²) in [4.78, 5) is 5.42. The average molecular weight is 209 g/mol. The Balaban J connectivity index is 1.85. The first-order valence-electron chi connectivity index (χ1n) is 6.55. The fourth-order valence-corrected chi connectivity index (χ4v) is 4.26. The molecule has 0 aliphatic carbocycles. The summed E-state index contributed by atoms with van der Waals surface area (Å²) in [5.74, 6) is 0.969. The van der Waals surface area contributed by atoms with Crippen LogP contribution >= 0.6 is 0 Å². The van der Waals surface area contributed by atoms with Crippen molar-refractivity contribution in [2.75, 3.05) is 26.2 Å². The summed E-state index contributed by atoms with van der Waals surface area (Å²) >= 11 is 0. The molecule has 4 heterocycles. The van der Waals surface area contributed by atoms with Crippen LogP contribution in [0.3, 0.4) is 0 Å². The summed E-state index contributed by atoms with van der Waals surface area (Å²) in [5.41, 5.74) is 5.91. The maximum atomic E-state index is 5.91.